The van der Waals surface area contributed by atoms with Gasteiger partial charge in [-0.05, 0) is 24.3 Å². The van der Waals surface area contributed by atoms with Crippen LogP contribution >= 0.6 is 0 Å². The van der Waals surface area contributed by atoms with Gasteiger partial charge in [0.2, 0.25) is 0 Å². The molecule has 0 aliphatic heterocycles. The molecular formula is C15H17N7. The second-order valence-corrected chi connectivity index (χ2v) is 3.46. The van der Waals surface area contributed by atoms with Crippen molar-refractivity contribution in [2.75, 3.05) is 0 Å². The van der Waals surface area contributed by atoms with Crippen molar-refractivity contribution in [1.82, 2.24) is 35.1 Å². The van der Waals surface area contributed by atoms with Crippen LogP contribution in [0.4, 0.5) is 0 Å². The summed E-state index contributed by atoms with van der Waals surface area (Å²) in [5.74, 6) is 0. The van der Waals surface area contributed by atoms with Gasteiger partial charge in [-0.25, -0.2) is 15.0 Å². The van der Waals surface area contributed by atoms with E-state index in [9.17, 15) is 0 Å². The molecule has 0 atom stereocenters. The van der Waals surface area contributed by atoms with Gasteiger partial charge in [0.25, 0.3) is 0 Å². The van der Waals surface area contributed by atoms with E-state index < -0.39 is 0 Å². The lowest BCUT2D eigenvalue weighted by atomic mass is 10.5. The van der Waals surface area contributed by atoms with E-state index >= 15 is 0 Å². The Morgan fingerprint density at radius 3 is 1.50 bits per heavy atom. The van der Waals surface area contributed by atoms with Crippen molar-refractivity contribution in [2.45, 2.75) is 0 Å². The van der Waals surface area contributed by atoms with E-state index in [2.05, 4.69) is 35.1 Å². The molecule has 112 valence electrons. The van der Waals surface area contributed by atoms with Crippen LogP contribution in [0.2, 0.25) is 0 Å². The van der Waals surface area contributed by atoms with Gasteiger partial charge in [-0.2, -0.15) is 5.10 Å². The second-order valence-electron chi connectivity index (χ2n) is 3.46. The fourth-order valence-electron chi connectivity index (χ4n) is 0.996. The van der Waals surface area contributed by atoms with Crippen LogP contribution in [-0.2, 0) is 0 Å². The molecular weight excluding hydrogens is 278 g/mol. The SMILES string of the molecule is c1c[nH]cn1.c1ccncc1.c1cn[nH]c1.c1cncnc1. The van der Waals surface area contributed by atoms with Crippen LogP contribution in [0.15, 0.2) is 92.6 Å². The maximum Gasteiger partial charge on any atom is 0.115 e. The molecule has 0 fully saturated rings. The fourth-order valence-corrected chi connectivity index (χ4v) is 0.996. The smallest absolute Gasteiger partial charge is 0.115 e. The molecule has 2 N–H and O–H groups in total. The Kier molecular flexibility index (Phi) is 10.7. The molecule has 0 unspecified atom stereocenters. The summed E-state index contributed by atoms with van der Waals surface area (Å²) < 4.78 is 0. The van der Waals surface area contributed by atoms with E-state index in [1.165, 1.54) is 6.33 Å². The van der Waals surface area contributed by atoms with Crippen LogP contribution in [0.5, 0.6) is 0 Å². The first-order valence-electron chi connectivity index (χ1n) is 6.41. The van der Waals surface area contributed by atoms with E-state index in [4.69, 9.17) is 0 Å². The highest BCUT2D eigenvalue weighted by atomic mass is 15.1. The predicted molar refractivity (Wildman–Crippen MR) is 83.4 cm³/mol. The third-order valence-corrected chi connectivity index (χ3v) is 1.86. The van der Waals surface area contributed by atoms with E-state index in [1.807, 2.05) is 24.3 Å². The Labute approximate surface area is 128 Å². The molecule has 0 bridgehead atoms. The molecule has 0 saturated carbocycles. The number of nitrogens with zero attached hydrogens (tertiary/aromatic N) is 5. The molecule has 7 heteroatoms. The maximum absolute atomic E-state index is 3.78. The van der Waals surface area contributed by atoms with Crippen LogP contribution in [0, 0.1) is 0 Å². The lowest BCUT2D eigenvalue weighted by Crippen LogP contribution is -1.66. The summed E-state index contributed by atoms with van der Waals surface area (Å²) in [6.07, 6.45) is 16.9. The quantitative estimate of drug-likeness (QED) is 0.519. The number of aromatic amines is 2. The molecule has 0 aliphatic carbocycles. The summed E-state index contributed by atoms with van der Waals surface area (Å²) in [6, 6.07) is 9.33. The zero-order valence-electron chi connectivity index (χ0n) is 11.9. The number of nitrogens with one attached hydrogen (secondary N) is 2. The number of rotatable bonds is 0. The lowest BCUT2D eigenvalue weighted by molar-refractivity contribution is 1.09. The van der Waals surface area contributed by atoms with Gasteiger partial charge in [0.1, 0.15) is 6.33 Å². The first-order chi connectivity index (χ1) is 11.0. The van der Waals surface area contributed by atoms with Gasteiger partial charge in [0, 0.05) is 49.6 Å². The van der Waals surface area contributed by atoms with Gasteiger partial charge in [0.05, 0.1) is 6.33 Å². The average molecular weight is 295 g/mol. The molecule has 0 aliphatic rings. The zero-order valence-corrected chi connectivity index (χ0v) is 11.9. The van der Waals surface area contributed by atoms with Gasteiger partial charge in [-0.15, -0.1) is 0 Å². The van der Waals surface area contributed by atoms with Crippen molar-refractivity contribution in [2.24, 2.45) is 0 Å². The summed E-state index contributed by atoms with van der Waals surface area (Å²) in [7, 11) is 0. The number of imidazole rings is 1. The number of pyridine rings is 1. The Balaban J connectivity index is 0.000000147. The van der Waals surface area contributed by atoms with Crippen LogP contribution < -0.4 is 0 Å². The zero-order chi connectivity index (χ0) is 15.6. The first kappa shape index (κ1) is 16.7. The molecule has 4 rings (SSSR count). The number of H-pyrrole nitrogens is 2. The second kappa shape index (κ2) is 14.1. The highest BCUT2D eigenvalue weighted by Gasteiger charge is 1.59. The summed E-state index contributed by atoms with van der Waals surface area (Å²) in [4.78, 5) is 17.5. The standard InChI is InChI=1S/C5H5N.C4H4N2.2C3H4N2/c1-2-4-6-5-3-1;1-2-5-4-6-3-1;1-2-5-3-4-1;1-2-4-5-3-1/h1-5H;1-4H;2*1-3H,(H,4,5). The molecule has 4 heterocycles. The van der Waals surface area contributed by atoms with Crippen molar-refractivity contribution in [3.05, 3.63) is 92.6 Å². The Bertz CT molecular complexity index is 449. The normalized spacial score (nSPS) is 8.00. The summed E-state index contributed by atoms with van der Waals surface area (Å²) in [5.41, 5.74) is 0. The van der Waals surface area contributed by atoms with E-state index in [0.29, 0.717) is 0 Å². The predicted octanol–water partition coefficient (Wildman–Crippen LogP) is 2.38. The molecule has 7 nitrogen and oxygen atoms in total. The third-order valence-electron chi connectivity index (χ3n) is 1.86. The van der Waals surface area contributed by atoms with E-state index in [-0.39, 0.29) is 0 Å². The Morgan fingerprint density at radius 1 is 0.545 bits per heavy atom. The van der Waals surface area contributed by atoms with Gasteiger partial charge >= 0.3 is 0 Å². The molecule has 4 aromatic heterocycles. The minimum absolute atomic E-state index is 1.50. The topological polar surface area (TPSA) is 96.0 Å². The van der Waals surface area contributed by atoms with Crippen molar-refractivity contribution < 1.29 is 0 Å². The average Bonchev–Trinajstić information content (AvgIpc) is 3.37. The molecule has 0 spiro atoms. The Morgan fingerprint density at radius 2 is 1.32 bits per heavy atom. The molecule has 0 radical (unpaired) electrons. The summed E-state index contributed by atoms with van der Waals surface area (Å²) in [5, 5.41) is 6.21. The molecule has 0 amide bonds. The van der Waals surface area contributed by atoms with Crippen LogP contribution in [0.25, 0.3) is 0 Å². The molecule has 0 aromatic carbocycles. The maximum atomic E-state index is 3.78. The number of hydrogen-bond acceptors (Lipinski definition) is 5. The van der Waals surface area contributed by atoms with Crippen molar-refractivity contribution in [3.8, 4) is 0 Å². The van der Waals surface area contributed by atoms with Crippen molar-refractivity contribution >= 4 is 0 Å². The van der Waals surface area contributed by atoms with Crippen LogP contribution in [-0.4, -0.2) is 35.1 Å². The van der Waals surface area contributed by atoms with E-state index in [0.717, 1.165) is 0 Å². The number of aromatic nitrogens is 7. The van der Waals surface area contributed by atoms with Crippen molar-refractivity contribution in [3.63, 3.8) is 0 Å². The summed E-state index contributed by atoms with van der Waals surface area (Å²) in [6.45, 7) is 0. The van der Waals surface area contributed by atoms with Gasteiger partial charge in [-0.1, -0.05) is 6.07 Å². The monoisotopic (exact) mass is 295 g/mol. The van der Waals surface area contributed by atoms with Gasteiger partial charge in [0.15, 0.2) is 0 Å². The molecule has 4 aromatic rings. The highest BCUT2D eigenvalue weighted by molar-refractivity contribution is 4.88. The van der Waals surface area contributed by atoms with Crippen LogP contribution in [0.3, 0.4) is 0 Å². The third kappa shape index (κ3) is 11.7. The van der Waals surface area contributed by atoms with Crippen LogP contribution in [0.1, 0.15) is 0 Å². The largest absolute Gasteiger partial charge is 0.351 e. The highest BCUT2D eigenvalue weighted by Crippen LogP contribution is 1.73. The van der Waals surface area contributed by atoms with Crippen molar-refractivity contribution in [1.29, 1.82) is 0 Å². The molecule has 22 heavy (non-hydrogen) atoms. The minimum Gasteiger partial charge on any atom is -0.351 e. The summed E-state index contributed by atoms with van der Waals surface area (Å²) >= 11 is 0. The fraction of sp³-hybridized carbons (Fsp3) is 0. The van der Waals surface area contributed by atoms with Gasteiger partial charge in [-0.3, -0.25) is 10.1 Å². The van der Waals surface area contributed by atoms with E-state index in [1.54, 1.807) is 62.0 Å². The Hall–Kier alpha value is -3.35. The minimum atomic E-state index is 1.50. The molecule has 0 saturated heterocycles. The lowest BCUT2D eigenvalue weighted by Gasteiger charge is -1.70. The van der Waals surface area contributed by atoms with Gasteiger partial charge < -0.3 is 4.98 Å². The number of hydrogen-bond donors (Lipinski definition) is 2. The first-order valence-corrected chi connectivity index (χ1v) is 6.41.